The van der Waals surface area contributed by atoms with E-state index in [1.54, 1.807) is 11.3 Å². The number of aromatic nitrogens is 3. The molecule has 0 radical (unpaired) electrons. The van der Waals surface area contributed by atoms with Gasteiger partial charge in [-0.25, -0.2) is 4.98 Å². The van der Waals surface area contributed by atoms with E-state index >= 15 is 0 Å². The molecule has 0 aliphatic heterocycles. The van der Waals surface area contributed by atoms with Crippen molar-refractivity contribution in [3.05, 3.63) is 32.4 Å². The molecule has 1 N–H and O–H groups in total. The van der Waals surface area contributed by atoms with Gasteiger partial charge in [0.1, 0.15) is 0 Å². The molecule has 0 spiro atoms. The molecule has 2 heterocycles. The summed E-state index contributed by atoms with van der Waals surface area (Å²) >= 11 is 5.28. The molecule has 0 fully saturated rings. The highest BCUT2D eigenvalue weighted by molar-refractivity contribution is 9.10. The minimum atomic E-state index is 0.137. The summed E-state index contributed by atoms with van der Waals surface area (Å²) in [5.74, 6) is 0. The lowest BCUT2D eigenvalue weighted by Gasteiger charge is -2.16. The van der Waals surface area contributed by atoms with E-state index in [1.165, 1.54) is 4.88 Å². The zero-order valence-electron chi connectivity index (χ0n) is 10.1. The van der Waals surface area contributed by atoms with Crippen LogP contribution in [0.15, 0.2) is 16.9 Å². The molecule has 92 valence electrons. The number of hydrogen-bond donors (Lipinski definition) is 1. The molecule has 0 amide bonds. The molecule has 17 heavy (non-hydrogen) atoms. The SMILES string of the molecule is CCn1ncc(Br)c1C(NC)c1cnc(C)s1. The summed E-state index contributed by atoms with van der Waals surface area (Å²) in [6.45, 7) is 4.97. The van der Waals surface area contributed by atoms with Crippen LogP contribution < -0.4 is 5.32 Å². The molecule has 0 aromatic carbocycles. The van der Waals surface area contributed by atoms with Crippen molar-refractivity contribution in [2.75, 3.05) is 7.05 Å². The van der Waals surface area contributed by atoms with Gasteiger partial charge >= 0.3 is 0 Å². The number of hydrogen-bond acceptors (Lipinski definition) is 4. The summed E-state index contributed by atoms with van der Waals surface area (Å²) in [6.07, 6.45) is 3.78. The van der Waals surface area contributed by atoms with Gasteiger partial charge in [-0.2, -0.15) is 5.10 Å². The second kappa shape index (κ2) is 5.29. The smallest absolute Gasteiger partial charge is 0.0897 e. The summed E-state index contributed by atoms with van der Waals surface area (Å²) < 4.78 is 3.03. The molecule has 0 bridgehead atoms. The predicted molar refractivity (Wildman–Crippen MR) is 73.4 cm³/mol. The van der Waals surface area contributed by atoms with Gasteiger partial charge in [0, 0.05) is 17.6 Å². The molecule has 1 unspecified atom stereocenters. The molecule has 0 aliphatic carbocycles. The van der Waals surface area contributed by atoms with Crippen molar-refractivity contribution >= 4 is 27.3 Å². The van der Waals surface area contributed by atoms with Crippen LogP contribution in [0.4, 0.5) is 0 Å². The molecular formula is C11H15BrN4S. The first-order chi connectivity index (χ1) is 8.17. The lowest BCUT2D eigenvalue weighted by atomic mass is 10.2. The van der Waals surface area contributed by atoms with Gasteiger partial charge in [0.05, 0.1) is 27.4 Å². The Morgan fingerprint density at radius 1 is 1.53 bits per heavy atom. The predicted octanol–water partition coefficient (Wildman–Crippen LogP) is 2.74. The van der Waals surface area contributed by atoms with Crippen LogP contribution in [0.1, 0.15) is 28.5 Å². The molecule has 0 saturated heterocycles. The van der Waals surface area contributed by atoms with Crippen molar-refractivity contribution in [1.82, 2.24) is 20.1 Å². The Hall–Kier alpha value is -0.720. The fraction of sp³-hybridized carbons (Fsp3) is 0.455. The van der Waals surface area contributed by atoms with Gasteiger partial charge in [0.2, 0.25) is 0 Å². The normalized spacial score (nSPS) is 12.9. The van der Waals surface area contributed by atoms with Crippen molar-refractivity contribution < 1.29 is 0 Å². The highest BCUT2D eigenvalue weighted by Gasteiger charge is 2.21. The first-order valence-electron chi connectivity index (χ1n) is 5.48. The Bertz CT molecular complexity index is 505. The molecule has 6 heteroatoms. The maximum absolute atomic E-state index is 4.35. The van der Waals surface area contributed by atoms with E-state index in [1.807, 2.05) is 31.0 Å². The largest absolute Gasteiger partial charge is 0.307 e. The first kappa shape index (κ1) is 12.7. The van der Waals surface area contributed by atoms with Gasteiger partial charge in [-0.3, -0.25) is 4.68 Å². The molecule has 0 aliphatic rings. The zero-order valence-corrected chi connectivity index (χ0v) is 12.5. The van der Waals surface area contributed by atoms with Crippen LogP contribution in [0.3, 0.4) is 0 Å². The number of aryl methyl sites for hydroxylation is 2. The third kappa shape index (κ3) is 2.43. The summed E-state index contributed by atoms with van der Waals surface area (Å²) in [7, 11) is 1.96. The summed E-state index contributed by atoms with van der Waals surface area (Å²) in [5, 5.41) is 8.76. The van der Waals surface area contributed by atoms with E-state index < -0.39 is 0 Å². The van der Waals surface area contributed by atoms with Gasteiger partial charge in [0.15, 0.2) is 0 Å². The lowest BCUT2D eigenvalue weighted by molar-refractivity contribution is 0.565. The van der Waals surface area contributed by atoms with E-state index in [0.717, 1.165) is 21.7 Å². The Balaban J connectivity index is 2.44. The van der Waals surface area contributed by atoms with Crippen molar-refractivity contribution in [2.24, 2.45) is 0 Å². The maximum Gasteiger partial charge on any atom is 0.0897 e. The summed E-state index contributed by atoms with van der Waals surface area (Å²) in [5.41, 5.74) is 1.15. The molecule has 0 saturated carbocycles. The van der Waals surface area contributed by atoms with E-state index in [9.17, 15) is 0 Å². The zero-order chi connectivity index (χ0) is 12.4. The van der Waals surface area contributed by atoms with Crippen molar-refractivity contribution in [1.29, 1.82) is 0 Å². The lowest BCUT2D eigenvalue weighted by Crippen LogP contribution is -2.21. The van der Waals surface area contributed by atoms with Crippen molar-refractivity contribution in [3.63, 3.8) is 0 Å². The van der Waals surface area contributed by atoms with E-state index in [2.05, 4.69) is 38.3 Å². The number of thiazole rings is 1. The Morgan fingerprint density at radius 2 is 2.29 bits per heavy atom. The highest BCUT2D eigenvalue weighted by Crippen LogP contribution is 2.31. The average Bonchev–Trinajstić information content (AvgIpc) is 2.89. The fourth-order valence-corrected chi connectivity index (χ4v) is 3.26. The van der Waals surface area contributed by atoms with Crippen LogP contribution in [0.2, 0.25) is 0 Å². The van der Waals surface area contributed by atoms with Gasteiger partial charge in [0.25, 0.3) is 0 Å². The van der Waals surface area contributed by atoms with E-state index in [-0.39, 0.29) is 6.04 Å². The summed E-state index contributed by atoms with van der Waals surface area (Å²) in [4.78, 5) is 5.52. The maximum atomic E-state index is 4.35. The Morgan fingerprint density at radius 3 is 2.82 bits per heavy atom. The molecule has 4 nitrogen and oxygen atoms in total. The van der Waals surface area contributed by atoms with Gasteiger partial charge in [-0.05, 0) is 36.8 Å². The Labute approximate surface area is 113 Å². The van der Waals surface area contributed by atoms with Crippen molar-refractivity contribution in [3.8, 4) is 0 Å². The second-order valence-corrected chi connectivity index (χ2v) is 5.82. The minimum absolute atomic E-state index is 0.137. The molecular weight excluding hydrogens is 300 g/mol. The Kier molecular flexibility index (Phi) is 3.96. The highest BCUT2D eigenvalue weighted by atomic mass is 79.9. The first-order valence-corrected chi connectivity index (χ1v) is 7.09. The van der Waals surface area contributed by atoms with Gasteiger partial charge < -0.3 is 5.32 Å². The number of nitrogens with zero attached hydrogens (tertiary/aromatic N) is 3. The molecule has 1 atom stereocenters. The van der Waals surface area contributed by atoms with Gasteiger partial charge in [-0.1, -0.05) is 0 Å². The topological polar surface area (TPSA) is 42.7 Å². The number of halogens is 1. The van der Waals surface area contributed by atoms with Crippen LogP contribution in [0, 0.1) is 6.92 Å². The standard InChI is InChI=1S/C11H15BrN4S/c1-4-16-11(8(12)5-15-16)10(13-3)9-6-14-7(2)17-9/h5-6,10,13H,4H2,1-3H3. The third-order valence-electron chi connectivity index (χ3n) is 2.62. The van der Waals surface area contributed by atoms with Crippen molar-refractivity contribution in [2.45, 2.75) is 26.4 Å². The number of rotatable bonds is 4. The van der Waals surface area contributed by atoms with Crippen LogP contribution >= 0.6 is 27.3 Å². The quantitative estimate of drug-likeness (QED) is 0.943. The van der Waals surface area contributed by atoms with Crippen LogP contribution in [0.25, 0.3) is 0 Å². The van der Waals surface area contributed by atoms with Crippen LogP contribution in [-0.2, 0) is 6.54 Å². The average molecular weight is 315 g/mol. The van der Waals surface area contributed by atoms with Gasteiger partial charge in [-0.15, -0.1) is 11.3 Å². The van der Waals surface area contributed by atoms with Crippen LogP contribution in [-0.4, -0.2) is 21.8 Å². The number of nitrogens with one attached hydrogen (secondary N) is 1. The van der Waals surface area contributed by atoms with E-state index in [0.29, 0.717) is 0 Å². The van der Waals surface area contributed by atoms with E-state index in [4.69, 9.17) is 0 Å². The fourth-order valence-electron chi connectivity index (χ4n) is 1.84. The molecule has 2 rings (SSSR count). The van der Waals surface area contributed by atoms with Crippen LogP contribution in [0.5, 0.6) is 0 Å². The second-order valence-electron chi connectivity index (χ2n) is 3.70. The minimum Gasteiger partial charge on any atom is -0.307 e. The molecule has 2 aromatic heterocycles. The molecule has 2 aromatic rings. The third-order valence-corrected chi connectivity index (χ3v) is 4.21. The monoisotopic (exact) mass is 314 g/mol. The summed E-state index contributed by atoms with van der Waals surface area (Å²) in [6, 6.07) is 0.137.